The number of rotatable bonds is 4. The summed E-state index contributed by atoms with van der Waals surface area (Å²) >= 11 is 0. The topological polar surface area (TPSA) is 0 Å². The summed E-state index contributed by atoms with van der Waals surface area (Å²) in [5, 5.41) is 0. The molecule has 3 aromatic rings. The number of hydrogen-bond acceptors (Lipinski definition) is 0. The molecule has 0 aromatic heterocycles. The summed E-state index contributed by atoms with van der Waals surface area (Å²) < 4.78 is 0. The Kier molecular flexibility index (Phi) is 3.98. The van der Waals surface area contributed by atoms with Gasteiger partial charge in [-0.15, -0.1) is 0 Å². The molecule has 0 saturated heterocycles. The molecule has 3 aromatic carbocycles. The van der Waals surface area contributed by atoms with Crippen LogP contribution in [0.1, 0.15) is 54.4 Å². The Balaban J connectivity index is 1.67. The van der Waals surface area contributed by atoms with Crippen LogP contribution >= 0.6 is 0 Å². The van der Waals surface area contributed by atoms with E-state index in [2.05, 4.69) is 86.6 Å². The standard InChI is InChI=1S/C24H24/c1-3-17(2)19-14-12-18(13-15-19)16-24-22-10-6-4-8-20(22)21-9-5-7-11-23(21)24/h4-15,17,24H,3,16H2,1-2H3. The van der Waals surface area contributed by atoms with Crippen LogP contribution in [0.2, 0.25) is 0 Å². The molecule has 120 valence electrons. The SMILES string of the molecule is CCC(C)c1ccc(CC2c3ccccc3-c3ccccc32)cc1. The zero-order valence-corrected chi connectivity index (χ0v) is 14.5. The Morgan fingerprint density at radius 1 is 0.750 bits per heavy atom. The van der Waals surface area contributed by atoms with Gasteiger partial charge < -0.3 is 0 Å². The van der Waals surface area contributed by atoms with Gasteiger partial charge in [0, 0.05) is 5.92 Å². The van der Waals surface area contributed by atoms with Gasteiger partial charge in [0.15, 0.2) is 0 Å². The van der Waals surface area contributed by atoms with Crippen LogP contribution in [0.3, 0.4) is 0 Å². The average molecular weight is 312 g/mol. The van der Waals surface area contributed by atoms with E-state index in [9.17, 15) is 0 Å². The molecule has 0 nitrogen and oxygen atoms in total. The molecule has 1 aliphatic rings. The van der Waals surface area contributed by atoms with Gasteiger partial charge in [-0.3, -0.25) is 0 Å². The highest BCUT2D eigenvalue weighted by molar-refractivity contribution is 5.78. The average Bonchev–Trinajstić information content (AvgIpc) is 2.96. The lowest BCUT2D eigenvalue weighted by Gasteiger charge is -2.15. The van der Waals surface area contributed by atoms with Crippen LogP contribution in [0, 0.1) is 0 Å². The molecule has 0 bridgehead atoms. The fourth-order valence-corrected chi connectivity index (χ4v) is 3.93. The van der Waals surface area contributed by atoms with E-state index in [0.29, 0.717) is 11.8 Å². The molecule has 0 radical (unpaired) electrons. The molecule has 0 spiro atoms. The molecule has 0 saturated carbocycles. The number of fused-ring (bicyclic) bond motifs is 3. The van der Waals surface area contributed by atoms with Crippen molar-refractivity contribution in [1.82, 2.24) is 0 Å². The van der Waals surface area contributed by atoms with Crippen LogP contribution in [0.4, 0.5) is 0 Å². The molecule has 1 unspecified atom stereocenters. The van der Waals surface area contributed by atoms with Crippen LogP contribution in [-0.4, -0.2) is 0 Å². The molecule has 0 fully saturated rings. The first-order valence-electron chi connectivity index (χ1n) is 9.05. The van der Waals surface area contributed by atoms with E-state index in [1.165, 1.54) is 39.8 Å². The molecule has 1 aliphatic carbocycles. The van der Waals surface area contributed by atoms with Gasteiger partial charge >= 0.3 is 0 Å². The Morgan fingerprint density at radius 3 is 1.83 bits per heavy atom. The second kappa shape index (κ2) is 6.28. The zero-order chi connectivity index (χ0) is 16.5. The monoisotopic (exact) mass is 312 g/mol. The maximum absolute atomic E-state index is 2.32. The van der Waals surface area contributed by atoms with Crippen molar-refractivity contribution in [2.24, 2.45) is 0 Å². The maximum atomic E-state index is 2.32. The molecule has 24 heavy (non-hydrogen) atoms. The fourth-order valence-electron chi connectivity index (χ4n) is 3.93. The summed E-state index contributed by atoms with van der Waals surface area (Å²) in [4.78, 5) is 0. The highest BCUT2D eigenvalue weighted by atomic mass is 14.3. The summed E-state index contributed by atoms with van der Waals surface area (Å²) in [7, 11) is 0. The third-order valence-electron chi connectivity index (χ3n) is 5.56. The Labute approximate surface area is 145 Å². The molecule has 0 aliphatic heterocycles. The predicted molar refractivity (Wildman–Crippen MR) is 103 cm³/mol. The summed E-state index contributed by atoms with van der Waals surface area (Å²) in [5.41, 5.74) is 8.66. The first-order chi connectivity index (χ1) is 11.8. The first-order valence-corrected chi connectivity index (χ1v) is 9.05. The van der Waals surface area contributed by atoms with Gasteiger partial charge in [0.2, 0.25) is 0 Å². The van der Waals surface area contributed by atoms with Crippen LogP contribution in [0.15, 0.2) is 72.8 Å². The van der Waals surface area contributed by atoms with E-state index in [1.54, 1.807) is 0 Å². The summed E-state index contributed by atoms with van der Waals surface area (Å²) in [6.45, 7) is 4.56. The van der Waals surface area contributed by atoms with Crippen molar-refractivity contribution in [2.45, 2.75) is 38.5 Å². The van der Waals surface area contributed by atoms with E-state index in [1.807, 2.05) is 0 Å². The van der Waals surface area contributed by atoms with Crippen molar-refractivity contribution in [3.05, 3.63) is 95.1 Å². The summed E-state index contributed by atoms with van der Waals surface area (Å²) in [6.07, 6.45) is 2.28. The lowest BCUT2D eigenvalue weighted by Crippen LogP contribution is -2.02. The Morgan fingerprint density at radius 2 is 1.29 bits per heavy atom. The van der Waals surface area contributed by atoms with E-state index in [4.69, 9.17) is 0 Å². The Bertz CT molecular complexity index is 796. The summed E-state index contributed by atoms with van der Waals surface area (Å²) in [5.74, 6) is 1.12. The molecule has 0 amide bonds. The van der Waals surface area contributed by atoms with E-state index in [0.717, 1.165) is 6.42 Å². The molecular formula is C24H24. The van der Waals surface area contributed by atoms with Crippen molar-refractivity contribution < 1.29 is 0 Å². The van der Waals surface area contributed by atoms with E-state index < -0.39 is 0 Å². The highest BCUT2D eigenvalue weighted by Gasteiger charge is 2.27. The van der Waals surface area contributed by atoms with Gasteiger partial charge in [0.05, 0.1) is 0 Å². The molecule has 0 N–H and O–H groups in total. The largest absolute Gasteiger partial charge is 0.0648 e. The van der Waals surface area contributed by atoms with E-state index >= 15 is 0 Å². The quantitative estimate of drug-likeness (QED) is 0.512. The van der Waals surface area contributed by atoms with Crippen molar-refractivity contribution in [1.29, 1.82) is 0 Å². The normalized spacial score (nSPS) is 14.2. The highest BCUT2D eigenvalue weighted by Crippen LogP contribution is 2.45. The second-order valence-electron chi connectivity index (χ2n) is 6.98. The third kappa shape index (κ3) is 2.57. The molecule has 0 heteroatoms. The Hall–Kier alpha value is -2.34. The van der Waals surface area contributed by atoms with E-state index in [-0.39, 0.29) is 0 Å². The van der Waals surface area contributed by atoms with Crippen molar-refractivity contribution in [3.63, 3.8) is 0 Å². The van der Waals surface area contributed by atoms with Crippen molar-refractivity contribution >= 4 is 0 Å². The second-order valence-corrected chi connectivity index (χ2v) is 6.98. The lowest BCUT2D eigenvalue weighted by molar-refractivity contribution is 0.732. The number of hydrogen-bond donors (Lipinski definition) is 0. The van der Waals surface area contributed by atoms with Gasteiger partial charge in [-0.25, -0.2) is 0 Å². The molecule has 4 rings (SSSR count). The van der Waals surface area contributed by atoms with Crippen molar-refractivity contribution in [3.8, 4) is 11.1 Å². The van der Waals surface area contributed by atoms with Crippen molar-refractivity contribution in [2.75, 3.05) is 0 Å². The minimum atomic E-state index is 0.479. The third-order valence-corrected chi connectivity index (χ3v) is 5.56. The molecule has 0 heterocycles. The van der Waals surface area contributed by atoms with Gasteiger partial charge in [-0.2, -0.15) is 0 Å². The van der Waals surface area contributed by atoms with Gasteiger partial charge in [-0.1, -0.05) is 86.6 Å². The van der Waals surface area contributed by atoms with Crippen LogP contribution < -0.4 is 0 Å². The minimum absolute atomic E-state index is 0.479. The summed E-state index contributed by atoms with van der Waals surface area (Å²) in [6, 6.07) is 27.1. The first kappa shape index (κ1) is 15.2. The van der Waals surface area contributed by atoms with Crippen LogP contribution in [-0.2, 0) is 6.42 Å². The smallest absolute Gasteiger partial charge is 0.0142 e. The minimum Gasteiger partial charge on any atom is -0.0648 e. The van der Waals surface area contributed by atoms with Crippen LogP contribution in [0.5, 0.6) is 0 Å². The van der Waals surface area contributed by atoms with Gasteiger partial charge in [0.25, 0.3) is 0 Å². The fraction of sp³-hybridized carbons (Fsp3) is 0.250. The van der Waals surface area contributed by atoms with Gasteiger partial charge in [0.1, 0.15) is 0 Å². The molecule has 1 atom stereocenters. The van der Waals surface area contributed by atoms with Crippen LogP contribution in [0.25, 0.3) is 11.1 Å². The maximum Gasteiger partial charge on any atom is 0.0142 e. The number of benzene rings is 3. The van der Waals surface area contributed by atoms with Gasteiger partial charge in [-0.05, 0) is 52.1 Å². The zero-order valence-electron chi connectivity index (χ0n) is 14.5. The molecular weight excluding hydrogens is 288 g/mol. The lowest BCUT2D eigenvalue weighted by atomic mass is 9.89. The predicted octanol–water partition coefficient (Wildman–Crippen LogP) is 6.56.